The number of hydrogen-bond donors (Lipinski definition) is 2. The molecule has 3 rings (SSSR count). The highest BCUT2D eigenvalue weighted by Gasteiger charge is 2.17. The minimum atomic E-state index is -0.0563. The number of hydrogen-bond acceptors (Lipinski definition) is 3. The molecule has 5 nitrogen and oxygen atoms in total. The van der Waals surface area contributed by atoms with Gasteiger partial charge in [0.2, 0.25) is 0 Å². The second kappa shape index (κ2) is 9.63. The summed E-state index contributed by atoms with van der Waals surface area (Å²) in [5.41, 5.74) is 3.39. The molecule has 5 heteroatoms. The first-order valence-corrected chi connectivity index (χ1v) is 10.2. The van der Waals surface area contributed by atoms with Gasteiger partial charge in [0.25, 0.3) is 5.91 Å². The molecular formula is C25H31N2O3+. The molecule has 0 aromatic heterocycles. The lowest BCUT2D eigenvalue weighted by atomic mass is 10.00. The Bertz CT molecular complexity index is 1030. The summed E-state index contributed by atoms with van der Waals surface area (Å²) in [6.45, 7) is 5.20. The largest absolute Gasteiger partial charge is 0.493 e. The predicted octanol–water partition coefficient (Wildman–Crippen LogP) is 3.06. The molecule has 2 atom stereocenters. The lowest BCUT2D eigenvalue weighted by Crippen LogP contribution is -3.09. The zero-order chi connectivity index (χ0) is 21.7. The fraction of sp³-hybridized carbons (Fsp3) is 0.320. The SMILES string of the molecule is COc1cc(C)c(C[NH+](C)CC(=O)N[C@H](C)c2cccc3ccccc23)cc1OC. The summed E-state index contributed by atoms with van der Waals surface area (Å²) in [5.74, 6) is 1.46. The minimum Gasteiger partial charge on any atom is -0.493 e. The summed E-state index contributed by atoms with van der Waals surface area (Å²) >= 11 is 0. The third kappa shape index (κ3) is 4.92. The quantitative estimate of drug-likeness (QED) is 0.604. The van der Waals surface area contributed by atoms with E-state index in [9.17, 15) is 4.79 Å². The molecule has 0 heterocycles. The van der Waals surface area contributed by atoms with Crippen molar-refractivity contribution >= 4 is 16.7 Å². The number of quaternary nitrogens is 1. The molecule has 0 saturated carbocycles. The molecule has 0 bridgehead atoms. The minimum absolute atomic E-state index is 0.0334. The average molecular weight is 408 g/mol. The molecule has 2 N–H and O–H groups in total. The highest BCUT2D eigenvalue weighted by Crippen LogP contribution is 2.30. The lowest BCUT2D eigenvalue weighted by Gasteiger charge is -2.20. The molecule has 0 fully saturated rings. The zero-order valence-corrected chi connectivity index (χ0v) is 18.4. The lowest BCUT2D eigenvalue weighted by molar-refractivity contribution is -0.885. The topological polar surface area (TPSA) is 52.0 Å². The van der Waals surface area contributed by atoms with E-state index in [1.807, 2.05) is 51.2 Å². The van der Waals surface area contributed by atoms with Gasteiger partial charge in [-0.05, 0) is 47.9 Å². The van der Waals surface area contributed by atoms with Crippen molar-refractivity contribution in [3.8, 4) is 11.5 Å². The molecule has 0 aliphatic carbocycles. The van der Waals surface area contributed by atoms with Gasteiger partial charge in [-0.25, -0.2) is 0 Å². The van der Waals surface area contributed by atoms with Crippen LogP contribution in [0.1, 0.15) is 29.7 Å². The van der Waals surface area contributed by atoms with Crippen LogP contribution in [0.3, 0.4) is 0 Å². The van der Waals surface area contributed by atoms with Crippen LogP contribution in [0.2, 0.25) is 0 Å². The predicted molar refractivity (Wildman–Crippen MR) is 120 cm³/mol. The van der Waals surface area contributed by atoms with E-state index in [1.54, 1.807) is 14.2 Å². The van der Waals surface area contributed by atoms with Gasteiger partial charge in [-0.2, -0.15) is 0 Å². The second-order valence-electron chi connectivity index (χ2n) is 7.80. The number of likely N-dealkylation sites (N-methyl/N-ethyl adjacent to an activating group) is 1. The first-order chi connectivity index (χ1) is 14.4. The monoisotopic (exact) mass is 407 g/mol. The van der Waals surface area contributed by atoms with Crippen LogP contribution >= 0.6 is 0 Å². The molecule has 0 aliphatic heterocycles. The molecule has 0 aliphatic rings. The number of amides is 1. The van der Waals surface area contributed by atoms with E-state index in [0.29, 0.717) is 12.3 Å². The Kier molecular flexibility index (Phi) is 6.95. The van der Waals surface area contributed by atoms with E-state index in [2.05, 4.69) is 29.6 Å². The van der Waals surface area contributed by atoms with E-state index in [-0.39, 0.29) is 11.9 Å². The van der Waals surface area contributed by atoms with E-state index in [4.69, 9.17) is 9.47 Å². The van der Waals surface area contributed by atoms with Gasteiger partial charge in [0.1, 0.15) is 6.54 Å². The molecular weight excluding hydrogens is 376 g/mol. The molecule has 30 heavy (non-hydrogen) atoms. The Morgan fingerprint density at radius 1 is 1.03 bits per heavy atom. The average Bonchev–Trinajstić information content (AvgIpc) is 2.74. The van der Waals surface area contributed by atoms with Crippen molar-refractivity contribution < 1.29 is 19.2 Å². The second-order valence-corrected chi connectivity index (χ2v) is 7.80. The van der Waals surface area contributed by atoms with Gasteiger partial charge in [0.05, 0.1) is 27.3 Å². The fourth-order valence-corrected chi connectivity index (χ4v) is 3.87. The summed E-state index contributed by atoms with van der Waals surface area (Å²) < 4.78 is 10.8. The fourth-order valence-electron chi connectivity index (χ4n) is 3.87. The molecule has 0 radical (unpaired) electrons. The Balaban J connectivity index is 1.65. The van der Waals surface area contributed by atoms with Crippen molar-refractivity contribution in [2.75, 3.05) is 27.8 Å². The van der Waals surface area contributed by atoms with Crippen LogP contribution in [0.15, 0.2) is 54.6 Å². The number of rotatable bonds is 8. The molecule has 3 aromatic carbocycles. The molecule has 0 saturated heterocycles. The molecule has 158 valence electrons. The maximum absolute atomic E-state index is 12.7. The number of fused-ring (bicyclic) bond motifs is 1. The Hall–Kier alpha value is -3.05. The van der Waals surface area contributed by atoms with Crippen molar-refractivity contribution in [2.24, 2.45) is 0 Å². The van der Waals surface area contributed by atoms with E-state index in [0.717, 1.165) is 33.9 Å². The number of nitrogens with one attached hydrogen (secondary N) is 2. The molecule has 0 spiro atoms. The highest BCUT2D eigenvalue weighted by molar-refractivity contribution is 5.87. The van der Waals surface area contributed by atoms with Gasteiger partial charge < -0.3 is 19.7 Å². The van der Waals surface area contributed by atoms with Crippen LogP contribution in [0.4, 0.5) is 0 Å². The summed E-state index contributed by atoms with van der Waals surface area (Å²) in [7, 11) is 5.30. The first kappa shape index (κ1) is 21.7. The summed E-state index contributed by atoms with van der Waals surface area (Å²) in [5, 5.41) is 5.51. The van der Waals surface area contributed by atoms with Gasteiger partial charge in [-0.15, -0.1) is 0 Å². The maximum Gasteiger partial charge on any atom is 0.275 e. The standard InChI is InChI=1S/C25H30N2O3/c1-17-13-23(29-4)24(30-5)14-20(17)15-27(3)16-25(28)26-18(2)21-12-8-10-19-9-6-7-11-22(19)21/h6-14,18H,15-16H2,1-5H3,(H,26,28)/p+1/t18-/m1/s1. The van der Waals surface area contributed by atoms with Crippen molar-refractivity contribution in [3.05, 3.63) is 71.3 Å². The number of aryl methyl sites for hydroxylation is 1. The Labute approximate surface area is 178 Å². The summed E-state index contributed by atoms with van der Waals surface area (Å²) in [6, 6.07) is 18.4. The van der Waals surface area contributed by atoms with Gasteiger partial charge in [-0.1, -0.05) is 42.5 Å². The van der Waals surface area contributed by atoms with Crippen LogP contribution in [0, 0.1) is 6.92 Å². The van der Waals surface area contributed by atoms with Gasteiger partial charge in [-0.3, -0.25) is 4.79 Å². The van der Waals surface area contributed by atoms with Crippen molar-refractivity contribution in [1.82, 2.24) is 5.32 Å². The summed E-state index contributed by atoms with van der Waals surface area (Å²) in [6.07, 6.45) is 0. The van der Waals surface area contributed by atoms with Gasteiger partial charge in [0, 0.05) is 5.56 Å². The van der Waals surface area contributed by atoms with Gasteiger partial charge in [0.15, 0.2) is 18.0 Å². The van der Waals surface area contributed by atoms with Crippen LogP contribution < -0.4 is 19.7 Å². The first-order valence-electron chi connectivity index (χ1n) is 10.2. The summed E-state index contributed by atoms with van der Waals surface area (Å²) in [4.78, 5) is 13.8. The third-order valence-electron chi connectivity index (χ3n) is 5.46. The zero-order valence-electron chi connectivity index (χ0n) is 18.4. The number of methoxy groups -OCH3 is 2. The molecule has 3 aromatic rings. The van der Waals surface area contributed by atoms with Crippen LogP contribution in [0.5, 0.6) is 11.5 Å². The number of carbonyl (C=O) groups is 1. The van der Waals surface area contributed by atoms with Crippen molar-refractivity contribution in [3.63, 3.8) is 0 Å². The number of ether oxygens (including phenoxy) is 2. The smallest absolute Gasteiger partial charge is 0.275 e. The molecule has 1 unspecified atom stereocenters. The van der Waals surface area contributed by atoms with Crippen LogP contribution in [-0.4, -0.2) is 33.7 Å². The van der Waals surface area contributed by atoms with Crippen LogP contribution in [0.25, 0.3) is 10.8 Å². The van der Waals surface area contributed by atoms with Crippen molar-refractivity contribution in [1.29, 1.82) is 0 Å². The van der Waals surface area contributed by atoms with Gasteiger partial charge >= 0.3 is 0 Å². The third-order valence-corrected chi connectivity index (χ3v) is 5.46. The maximum atomic E-state index is 12.7. The number of benzene rings is 3. The Morgan fingerprint density at radius 3 is 2.43 bits per heavy atom. The van der Waals surface area contributed by atoms with Crippen LogP contribution in [-0.2, 0) is 11.3 Å². The molecule has 1 amide bonds. The Morgan fingerprint density at radius 2 is 1.70 bits per heavy atom. The van der Waals surface area contributed by atoms with E-state index >= 15 is 0 Å². The van der Waals surface area contributed by atoms with E-state index < -0.39 is 0 Å². The van der Waals surface area contributed by atoms with Crippen molar-refractivity contribution in [2.45, 2.75) is 26.4 Å². The van der Waals surface area contributed by atoms with E-state index in [1.165, 1.54) is 10.8 Å². The normalized spacial score (nSPS) is 13.0. The number of carbonyl (C=O) groups excluding carboxylic acids is 1. The highest BCUT2D eigenvalue weighted by atomic mass is 16.5.